The summed E-state index contributed by atoms with van der Waals surface area (Å²) in [5.74, 6) is -0.410. The van der Waals surface area contributed by atoms with Crippen molar-refractivity contribution in [2.45, 2.75) is 37.4 Å². The molecule has 1 aliphatic carbocycles. The smallest absolute Gasteiger partial charge is 0.339 e. The molecule has 0 amide bonds. The summed E-state index contributed by atoms with van der Waals surface area (Å²) in [5.41, 5.74) is 0.475. The predicted molar refractivity (Wildman–Crippen MR) is 83.6 cm³/mol. The van der Waals surface area contributed by atoms with Crippen LogP contribution in [0.25, 0.3) is 0 Å². The molecule has 1 aromatic carbocycles. The lowest BCUT2D eigenvalue weighted by Gasteiger charge is -2.20. The number of carboxylic acid groups (broad SMARTS) is 1. The largest absolute Gasteiger partial charge is 0.496 e. The van der Waals surface area contributed by atoms with Crippen molar-refractivity contribution in [3.8, 4) is 5.75 Å². The zero-order valence-corrected chi connectivity index (χ0v) is 12.9. The first-order valence-corrected chi connectivity index (χ1v) is 8.23. The summed E-state index contributed by atoms with van der Waals surface area (Å²) >= 11 is 1.70. The Hall–Kier alpha value is -1.49. The van der Waals surface area contributed by atoms with E-state index in [1.165, 1.54) is 45.3 Å². The second kappa shape index (κ2) is 7.50. The first-order chi connectivity index (χ1) is 10.1. The molecule has 0 spiro atoms. The number of carboxylic acids is 1. The number of benzene rings is 1. The Kier molecular flexibility index (Phi) is 5.67. The molecule has 0 aliphatic heterocycles. The first kappa shape index (κ1) is 15.9. The molecule has 1 saturated carbocycles. The Labute approximate surface area is 128 Å². The van der Waals surface area contributed by atoms with Gasteiger partial charge in [-0.2, -0.15) is 11.8 Å². The maximum atomic E-state index is 12.2. The van der Waals surface area contributed by atoms with Crippen LogP contribution in [0.1, 0.15) is 52.8 Å². The molecule has 1 fully saturated rings. The van der Waals surface area contributed by atoms with Crippen LogP contribution in [0, 0.1) is 0 Å². The zero-order valence-electron chi connectivity index (χ0n) is 12.1. The monoisotopic (exact) mass is 308 g/mol. The Balaban J connectivity index is 2.01. The third-order valence-electron chi connectivity index (χ3n) is 3.75. The minimum absolute atomic E-state index is 0.0178. The molecule has 21 heavy (non-hydrogen) atoms. The minimum Gasteiger partial charge on any atom is -0.496 e. The molecule has 1 N–H and O–H groups in total. The molecule has 0 aromatic heterocycles. The number of ketones is 1. The number of methoxy groups -OCH3 is 1. The van der Waals surface area contributed by atoms with Gasteiger partial charge in [0.25, 0.3) is 0 Å². The summed E-state index contributed by atoms with van der Waals surface area (Å²) in [5, 5.41) is 9.71. The summed E-state index contributed by atoms with van der Waals surface area (Å²) in [6, 6.07) is 4.59. The van der Waals surface area contributed by atoms with E-state index in [0.717, 1.165) is 0 Å². The number of ether oxygens (including phenoxy) is 1. The van der Waals surface area contributed by atoms with E-state index in [9.17, 15) is 9.59 Å². The quantitative estimate of drug-likeness (QED) is 0.813. The van der Waals surface area contributed by atoms with E-state index in [1.807, 2.05) is 0 Å². The number of rotatable bonds is 6. The van der Waals surface area contributed by atoms with E-state index in [1.54, 1.807) is 23.9 Å². The van der Waals surface area contributed by atoms with Gasteiger partial charge in [0.1, 0.15) is 11.3 Å². The standard InChI is InChI=1S/C16H20O4S/c1-20-15-8-7-11(9-13(15)16(18)19)14(17)10-21-12-5-3-2-4-6-12/h7-9,12H,2-6,10H2,1H3,(H,18,19). The van der Waals surface area contributed by atoms with E-state index < -0.39 is 5.97 Å². The fraction of sp³-hybridized carbons (Fsp3) is 0.500. The van der Waals surface area contributed by atoms with E-state index >= 15 is 0 Å². The summed E-state index contributed by atoms with van der Waals surface area (Å²) < 4.78 is 5.00. The number of Topliss-reactive ketones (excluding diaryl/α,β-unsaturated/α-hetero) is 1. The van der Waals surface area contributed by atoms with Crippen LogP contribution in [0.4, 0.5) is 0 Å². The Morgan fingerprint density at radius 1 is 1.29 bits per heavy atom. The summed E-state index contributed by atoms with van der Waals surface area (Å²) in [6.45, 7) is 0. The fourth-order valence-corrected chi connectivity index (χ4v) is 3.78. The second-order valence-corrected chi connectivity index (χ2v) is 6.50. The lowest BCUT2D eigenvalue weighted by atomic mass is 10.0. The molecule has 0 atom stereocenters. The van der Waals surface area contributed by atoms with Crippen molar-refractivity contribution in [2.24, 2.45) is 0 Å². The van der Waals surface area contributed by atoms with Gasteiger partial charge in [-0.3, -0.25) is 4.79 Å². The number of carbonyl (C=O) groups is 2. The van der Waals surface area contributed by atoms with Gasteiger partial charge in [0.05, 0.1) is 12.9 Å². The lowest BCUT2D eigenvalue weighted by molar-refractivity contribution is 0.0693. The highest BCUT2D eigenvalue weighted by molar-refractivity contribution is 8.00. The highest BCUT2D eigenvalue weighted by atomic mass is 32.2. The van der Waals surface area contributed by atoms with Gasteiger partial charge < -0.3 is 9.84 Å². The van der Waals surface area contributed by atoms with Crippen LogP contribution >= 0.6 is 11.8 Å². The number of carbonyl (C=O) groups excluding carboxylic acids is 1. The van der Waals surface area contributed by atoms with E-state index in [0.29, 0.717) is 16.6 Å². The highest BCUT2D eigenvalue weighted by Crippen LogP contribution is 2.29. The third kappa shape index (κ3) is 4.24. The second-order valence-electron chi connectivity index (χ2n) is 5.21. The number of hydrogen-bond donors (Lipinski definition) is 1. The Morgan fingerprint density at radius 2 is 2.00 bits per heavy atom. The van der Waals surface area contributed by atoms with E-state index in [2.05, 4.69) is 0 Å². The van der Waals surface area contributed by atoms with Gasteiger partial charge in [-0.25, -0.2) is 4.79 Å². The summed E-state index contributed by atoms with van der Waals surface area (Å²) in [7, 11) is 1.42. The van der Waals surface area contributed by atoms with Gasteiger partial charge in [-0.05, 0) is 31.0 Å². The van der Waals surface area contributed by atoms with E-state index in [-0.39, 0.29) is 17.1 Å². The maximum Gasteiger partial charge on any atom is 0.339 e. The van der Waals surface area contributed by atoms with E-state index in [4.69, 9.17) is 9.84 Å². The molecular weight excluding hydrogens is 288 g/mol. The topological polar surface area (TPSA) is 63.6 Å². The predicted octanol–water partition coefficient (Wildman–Crippen LogP) is 3.64. The Morgan fingerprint density at radius 3 is 2.62 bits per heavy atom. The first-order valence-electron chi connectivity index (χ1n) is 7.18. The highest BCUT2D eigenvalue weighted by Gasteiger charge is 2.18. The average Bonchev–Trinajstić information content (AvgIpc) is 2.52. The molecule has 1 aromatic rings. The zero-order chi connectivity index (χ0) is 15.2. The molecule has 4 nitrogen and oxygen atoms in total. The number of thioether (sulfide) groups is 1. The SMILES string of the molecule is COc1ccc(C(=O)CSC2CCCCC2)cc1C(=O)O. The Bertz CT molecular complexity index is 521. The normalized spacial score (nSPS) is 15.7. The van der Waals surface area contributed by atoms with Crippen LogP contribution in [0.5, 0.6) is 5.75 Å². The van der Waals surface area contributed by atoms with Gasteiger partial charge >= 0.3 is 5.97 Å². The van der Waals surface area contributed by atoms with Crippen LogP contribution in [-0.4, -0.2) is 35.0 Å². The molecule has 0 bridgehead atoms. The van der Waals surface area contributed by atoms with Crippen LogP contribution < -0.4 is 4.74 Å². The van der Waals surface area contributed by atoms with Crippen molar-refractivity contribution in [1.82, 2.24) is 0 Å². The molecule has 114 valence electrons. The molecule has 0 saturated heterocycles. The minimum atomic E-state index is -1.08. The molecular formula is C16H20O4S. The van der Waals surface area contributed by atoms with Gasteiger partial charge in [0.15, 0.2) is 5.78 Å². The lowest BCUT2D eigenvalue weighted by Crippen LogP contribution is -2.13. The van der Waals surface area contributed by atoms with Crippen LogP contribution in [0.3, 0.4) is 0 Å². The fourth-order valence-electron chi connectivity index (χ4n) is 2.56. The molecule has 0 unspecified atom stereocenters. The third-order valence-corrected chi connectivity index (χ3v) is 5.13. The van der Waals surface area contributed by atoms with Crippen LogP contribution in [0.15, 0.2) is 18.2 Å². The average molecular weight is 308 g/mol. The molecule has 1 aliphatic rings. The molecule has 0 heterocycles. The summed E-state index contributed by atoms with van der Waals surface area (Å²) in [4.78, 5) is 23.4. The van der Waals surface area contributed by atoms with Crippen molar-refractivity contribution in [2.75, 3.05) is 12.9 Å². The van der Waals surface area contributed by atoms with Gasteiger partial charge in [0.2, 0.25) is 0 Å². The van der Waals surface area contributed by atoms with Crippen LogP contribution in [-0.2, 0) is 0 Å². The number of aromatic carboxylic acids is 1. The van der Waals surface area contributed by atoms with Crippen molar-refractivity contribution in [3.63, 3.8) is 0 Å². The molecule has 2 rings (SSSR count). The van der Waals surface area contributed by atoms with Gasteiger partial charge in [-0.1, -0.05) is 19.3 Å². The van der Waals surface area contributed by atoms with Crippen molar-refractivity contribution >= 4 is 23.5 Å². The van der Waals surface area contributed by atoms with Gasteiger partial charge in [-0.15, -0.1) is 0 Å². The van der Waals surface area contributed by atoms with Crippen molar-refractivity contribution in [3.05, 3.63) is 29.3 Å². The van der Waals surface area contributed by atoms with Crippen molar-refractivity contribution in [1.29, 1.82) is 0 Å². The number of hydrogen-bond acceptors (Lipinski definition) is 4. The molecule has 0 radical (unpaired) electrons. The van der Waals surface area contributed by atoms with Crippen LogP contribution in [0.2, 0.25) is 0 Å². The van der Waals surface area contributed by atoms with Gasteiger partial charge in [0, 0.05) is 10.8 Å². The summed E-state index contributed by atoms with van der Waals surface area (Å²) in [6.07, 6.45) is 6.16. The molecule has 5 heteroatoms. The van der Waals surface area contributed by atoms with Crippen molar-refractivity contribution < 1.29 is 19.4 Å². The maximum absolute atomic E-state index is 12.2.